The number of carbonyl (C=O) groups excluding carboxylic acids is 1. The fourth-order valence-corrected chi connectivity index (χ4v) is 8.88. The lowest BCUT2D eigenvalue weighted by molar-refractivity contribution is -0.271. The summed E-state index contributed by atoms with van der Waals surface area (Å²) < 4.78 is 87.0. The molecule has 1 unspecified atom stereocenters. The van der Waals surface area contributed by atoms with E-state index in [0.29, 0.717) is 0 Å². The second-order valence-corrected chi connectivity index (χ2v) is 18.8. The van der Waals surface area contributed by atoms with Crippen LogP contribution in [0.25, 0.3) is 0 Å². The summed E-state index contributed by atoms with van der Waals surface area (Å²) >= 11 is 0. The van der Waals surface area contributed by atoms with Gasteiger partial charge in [-0.1, -0.05) is 121 Å². The molecule has 2 fully saturated rings. The van der Waals surface area contributed by atoms with Gasteiger partial charge in [-0.2, -0.15) is 8.42 Å². The van der Waals surface area contributed by atoms with Crippen LogP contribution in [0.4, 0.5) is 4.79 Å². The van der Waals surface area contributed by atoms with Crippen molar-refractivity contribution in [1.82, 2.24) is 19.6 Å². The van der Waals surface area contributed by atoms with Gasteiger partial charge in [-0.15, -0.1) is 0 Å². The number of urea groups is 1. The van der Waals surface area contributed by atoms with E-state index >= 15 is 0 Å². The molecular formula is C51H62N4O14S. The average Bonchev–Trinajstić information content (AvgIpc) is 3.66. The standard InChI is InChI=1S/C51H62N4O14S/c1-34(2)66-46-42(69-49(48(46)67-35(3)4)55-26-25-43(56)53-51(55)58)33-65-70(59,60)54-50(57)52-27-40-44(62-29-37-19-11-6-12-20-37)47(64-31-39-23-15-8-16-24-39)45(63-30-38-21-13-7-14-22-38)41(68-40)32-61-28-36-17-9-5-10-18-36/h5-26,34-35,40-42,44-49H,27-33H2,1-4H3,(H2,52,54,57)(H,53,56,58)/t40-,41-,42-,44+,45-,46-,47-,48?,49-/m1/s1. The van der Waals surface area contributed by atoms with E-state index < -0.39 is 89.3 Å². The number of ether oxygens (including phenoxy) is 8. The molecule has 5 aromatic rings. The summed E-state index contributed by atoms with van der Waals surface area (Å²) in [6, 6.07) is 38.6. The maximum atomic E-state index is 13.6. The van der Waals surface area contributed by atoms with Crippen LogP contribution in [0.15, 0.2) is 143 Å². The fraction of sp³-hybridized carbons (Fsp3) is 0.431. The minimum absolute atomic E-state index is 0.0708. The van der Waals surface area contributed by atoms with Gasteiger partial charge >= 0.3 is 22.0 Å². The number of aromatic nitrogens is 2. The Morgan fingerprint density at radius 2 is 1.07 bits per heavy atom. The van der Waals surface area contributed by atoms with Crippen LogP contribution in [0.1, 0.15) is 56.2 Å². The Hall–Kier alpha value is -5.58. The highest BCUT2D eigenvalue weighted by Crippen LogP contribution is 2.35. The van der Waals surface area contributed by atoms with Gasteiger partial charge in [-0.05, 0) is 49.9 Å². The molecule has 0 bridgehead atoms. The maximum absolute atomic E-state index is 13.6. The van der Waals surface area contributed by atoms with Gasteiger partial charge in [0.15, 0.2) is 6.23 Å². The van der Waals surface area contributed by atoms with Crippen LogP contribution < -0.4 is 21.3 Å². The quantitative estimate of drug-likeness (QED) is 0.0714. The molecule has 0 spiro atoms. The van der Waals surface area contributed by atoms with Gasteiger partial charge < -0.3 is 43.2 Å². The largest absolute Gasteiger partial charge is 0.374 e. The van der Waals surface area contributed by atoms with E-state index in [4.69, 9.17) is 42.1 Å². The summed E-state index contributed by atoms with van der Waals surface area (Å²) in [6.45, 7) is 7.14. The van der Waals surface area contributed by atoms with Gasteiger partial charge in [0.2, 0.25) is 0 Å². The molecule has 0 aliphatic carbocycles. The normalized spacial score (nSPS) is 23.7. The Morgan fingerprint density at radius 3 is 1.59 bits per heavy atom. The second-order valence-electron chi connectivity index (χ2n) is 17.4. The lowest BCUT2D eigenvalue weighted by Gasteiger charge is -2.46. The third kappa shape index (κ3) is 15.2. The lowest BCUT2D eigenvalue weighted by Crippen LogP contribution is -2.63. The molecule has 0 saturated carbocycles. The number of amides is 2. The molecule has 19 heteroatoms. The van der Waals surface area contributed by atoms with Crippen molar-refractivity contribution in [3.8, 4) is 0 Å². The van der Waals surface area contributed by atoms with Crippen molar-refractivity contribution < 1.29 is 55.3 Å². The summed E-state index contributed by atoms with van der Waals surface area (Å²) in [7, 11) is -4.80. The molecule has 7 rings (SSSR count). The van der Waals surface area contributed by atoms with Crippen molar-refractivity contribution in [3.05, 3.63) is 177 Å². The molecule has 70 heavy (non-hydrogen) atoms. The first-order chi connectivity index (χ1) is 33.8. The molecule has 3 heterocycles. The molecule has 1 aromatic heterocycles. The van der Waals surface area contributed by atoms with E-state index in [0.717, 1.165) is 32.9 Å². The van der Waals surface area contributed by atoms with Crippen LogP contribution in [-0.4, -0.2) is 105 Å². The first kappa shape index (κ1) is 52.2. The summed E-state index contributed by atoms with van der Waals surface area (Å²) in [5, 5.41) is 2.64. The van der Waals surface area contributed by atoms with Crippen molar-refractivity contribution >= 4 is 16.3 Å². The summed E-state index contributed by atoms with van der Waals surface area (Å²) in [5.41, 5.74) is 2.28. The van der Waals surface area contributed by atoms with Crippen molar-refractivity contribution in [2.75, 3.05) is 19.8 Å². The predicted octanol–water partition coefficient (Wildman–Crippen LogP) is 5.32. The number of H-pyrrole nitrogens is 1. The molecule has 3 N–H and O–H groups in total. The zero-order valence-corrected chi connectivity index (χ0v) is 40.4. The summed E-state index contributed by atoms with van der Waals surface area (Å²) in [4.78, 5) is 40.5. The molecule has 2 aliphatic rings. The van der Waals surface area contributed by atoms with Gasteiger partial charge in [0, 0.05) is 18.8 Å². The van der Waals surface area contributed by atoms with Crippen molar-refractivity contribution in [3.63, 3.8) is 0 Å². The van der Waals surface area contributed by atoms with Crippen LogP contribution in [0.5, 0.6) is 0 Å². The Labute approximate surface area is 407 Å². The summed E-state index contributed by atoms with van der Waals surface area (Å²) in [6.07, 6.45) is -7.68. The average molecular weight is 987 g/mol. The second kappa shape index (κ2) is 25.5. The van der Waals surface area contributed by atoms with Gasteiger partial charge in [-0.25, -0.2) is 14.3 Å². The maximum Gasteiger partial charge on any atom is 0.363 e. The highest BCUT2D eigenvalue weighted by Gasteiger charge is 2.50. The van der Waals surface area contributed by atoms with Crippen molar-refractivity contribution in [2.45, 2.75) is 121 Å². The van der Waals surface area contributed by atoms with Crippen LogP contribution in [0, 0.1) is 0 Å². The molecule has 2 amide bonds. The van der Waals surface area contributed by atoms with Gasteiger partial charge in [-0.3, -0.25) is 18.5 Å². The van der Waals surface area contributed by atoms with Gasteiger partial charge in [0.1, 0.15) is 48.8 Å². The Kier molecular flexibility index (Phi) is 19.0. The summed E-state index contributed by atoms with van der Waals surface area (Å²) in [5.74, 6) is 0. The minimum Gasteiger partial charge on any atom is -0.374 e. The Morgan fingerprint density at radius 1 is 0.600 bits per heavy atom. The Balaban J connectivity index is 1.10. The van der Waals surface area contributed by atoms with Gasteiger partial charge in [0.25, 0.3) is 5.56 Å². The fourth-order valence-electron chi connectivity index (χ4n) is 8.21. The van der Waals surface area contributed by atoms with Crippen molar-refractivity contribution in [1.29, 1.82) is 0 Å². The first-order valence-corrected chi connectivity index (χ1v) is 24.7. The minimum atomic E-state index is -4.80. The Bertz CT molecular complexity index is 2590. The number of nitrogens with zero attached hydrogens (tertiary/aromatic N) is 1. The van der Waals surface area contributed by atoms with Crippen LogP contribution in [0.2, 0.25) is 0 Å². The van der Waals surface area contributed by atoms with Crippen LogP contribution in [0.3, 0.4) is 0 Å². The SMILES string of the molecule is CC(C)OC1[C@H](n2ccc(=O)[nH]c2=O)O[C@H](COS(=O)(=O)NC(=O)NC[C@H]2O[C@H](COCc3ccccc3)[C@@H](OCc3ccccc3)[C@H](OCc3ccccc3)[C@H]2OCc2ccccc2)[C@H]1OC(C)C. The monoisotopic (exact) mass is 986 g/mol. The number of rotatable bonds is 24. The molecule has 376 valence electrons. The highest BCUT2D eigenvalue weighted by atomic mass is 32.2. The van der Waals surface area contributed by atoms with Gasteiger partial charge in [0.05, 0.1) is 51.8 Å². The molecule has 2 saturated heterocycles. The van der Waals surface area contributed by atoms with E-state index in [1.54, 1.807) is 27.7 Å². The number of aromatic amines is 1. The number of benzene rings is 4. The van der Waals surface area contributed by atoms with Crippen LogP contribution >= 0.6 is 0 Å². The number of hydrogen-bond acceptors (Lipinski definition) is 14. The number of hydrogen-bond donors (Lipinski definition) is 3. The van der Waals surface area contributed by atoms with E-state index in [2.05, 4.69) is 10.3 Å². The number of nitrogens with one attached hydrogen (secondary N) is 3. The zero-order chi connectivity index (χ0) is 49.5. The highest BCUT2D eigenvalue weighted by molar-refractivity contribution is 7.85. The molecule has 0 radical (unpaired) electrons. The number of carbonyl (C=O) groups is 1. The van der Waals surface area contributed by atoms with Crippen molar-refractivity contribution in [2.24, 2.45) is 0 Å². The first-order valence-electron chi connectivity index (χ1n) is 23.3. The zero-order valence-electron chi connectivity index (χ0n) is 39.6. The van der Waals surface area contributed by atoms with E-state index in [1.807, 2.05) is 126 Å². The molecule has 4 aromatic carbocycles. The van der Waals surface area contributed by atoms with E-state index in [9.17, 15) is 22.8 Å². The molecular weight excluding hydrogens is 925 g/mol. The van der Waals surface area contributed by atoms with E-state index in [-0.39, 0.29) is 51.8 Å². The molecule has 18 nitrogen and oxygen atoms in total. The topological polar surface area (TPSA) is 213 Å². The predicted molar refractivity (Wildman–Crippen MR) is 256 cm³/mol. The van der Waals surface area contributed by atoms with Crippen LogP contribution in [-0.2, 0) is 78.8 Å². The third-order valence-electron chi connectivity index (χ3n) is 11.3. The third-order valence-corrected chi connectivity index (χ3v) is 12.2. The van der Waals surface area contributed by atoms with E-state index in [1.165, 1.54) is 6.20 Å². The lowest BCUT2D eigenvalue weighted by atomic mass is 9.93. The molecule has 9 atom stereocenters. The smallest absolute Gasteiger partial charge is 0.363 e. The molecule has 2 aliphatic heterocycles.